The fraction of sp³-hybridized carbons (Fsp3) is 0.250. The van der Waals surface area contributed by atoms with E-state index in [0.717, 1.165) is 0 Å². The van der Waals surface area contributed by atoms with Gasteiger partial charge in [0.15, 0.2) is 6.10 Å². The van der Waals surface area contributed by atoms with Crippen LogP contribution in [0.5, 0.6) is 11.5 Å². The molecule has 0 fully saturated rings. The van der Waals surface area contributed by atoms with Crippen LogP contribution in [0.15, 0.2) is 48.5 Å². The Labute approximate surface area is 162 Å². The van der Waals surface area contributed by atoms with E-state index < -0.39 is 23.9 Å². The molecule has 0 spiro atoms. The molecule has 0 bridgehead atoms. The lowest BCUT2D eigenvalue weighted by Crippen LogP contribution is -2.35. The second-order valence-electron chi connectivity index (χ2n) is 5.73. The number of esters is 1. The topological polar surface area (TPSA) is 103 Å². The molecular formula is C20H22N2O6. The number of para-hydroxylation sites is 2. The Kier molecular flexibility index (Phi) is 7.38. The number of carbonyl (C=O) groups is 3. The molecule has 1 atom stereocenters. The van der Waals surface area contributed by atoms with Crippen LogP contribution in [0.3, 0.4) is 0 Å². The Hall–Kier alpha value is -3.55. The van der Waals surface area contributed by atoms with E-state index in [-0.39, 0.29) is 6.54 Å². The van der Waals surface area contributed by atoms with E-state index in [1.54, 1.807) is 48.5 Å². The zero-order chi connectivity index (χ0) is 20.5. The summed E-state index contributed by atoms with van der Waals surface area (Å²) in [5, 5.41) is 5.07. The van der Waals surface area contributed by atoms with Crippen LogP contribution in [0.25, 0.3) is 0 Å². The van der Waals surface area contributed by atoms with Gasteiger partial charge in [-0.3, -0.25) is 14.4 Å². The first-order chi connectivity index (χ1) is 13.4. The number of ether oxygens (including phenoxy) is 3. The highest BCUT2D eigenvalue weighted by Crippen LogP contribution is 2.23. The molecule has 28 heavy (non-hydrogen) atoms. The number of methoxy groups -OCH3 is 2. The third-order valence-corrected chi connectivity index (χ3v) is 3.79. The van der Waals surface area contributed by atoms with E-state index in [0.29, 0.717) is 22.7 Å². The second kappa shape index (κ2) is 9.96. The standard InChI is InChI=1S/C20H22N2O6/c1-13(19(24)22-16-6-4-5-7-17(16)27-3)28-18(23)12-21-20(25)14-8-10-15(26-2)11-9-14/h4-11,13H,12H2,1-3H3,(H,21,25)(H,22,24)/t13-/m0/s1. The Morgan fingerprint density at radius 1 is 0.964 bits per heavy atom. The van der Waals surface area contributed by atoms with Gasteiger partial charge in [0, 0.05) is 5.56 Å². The van der Waals surface area contributed by atoms with Crippen molar-refractivity contribution in [3.63, 3.8) is 0 Å². The molecule has 2 aromatic rings. The number of rotatable bonds is 8. The third-order valence-electron chi connectivity index (χ3n) is 3.79. The summed E-state index contributed by atoms with van der Waals surface area (Å²) in [5.41, 5.74) is 0.835. The van der Waals surface area contributed by atoms with Crippen LogP contribution < -0.4 is 20.1 Å². The van der Waals surface area contributed by atoms with E-state index in [2.05, 4.69) is 10.6 Å². The third kappa shape index (κ3) is 5.73. The zero-order valence-corrected chi connectivity index (χ0v) is 15.9. The van der Waals surface area contributed by atoms with E-state index >= 15 is 0 Å². The summed E-state index contributed by atoms with van der Waals surface area (Å²) in [6, 6.07) is 13.3. The molecule has 2 N–H and O–H groups in total. The first-order valence-corrected chi connectivity index (χ1v) is 8.50. The van der Waals surface area contributed by atoms with E-state index in [4.69, 9.17) is 14.2 Å². The molecule has 0 heterocycles. The lowest BCUT2D eigenvalue weighted by Gasteiger charge is -2.15. The number of anilines is 1. The minimum Gasteiger partial charge on any atom is -0.497 e. The monoisotopic (exact) mass is 386 g/mol. The van der Waals surface area contributed by atoms with Gasteiger partial charge in [0.05, 0.1) is 19.9 Å². The fourth-order valence-electron chi connectivity index (χ4n) is 2.27. The first kappa shape index (κ1) is 20.8. The Morgan fingerprint density at radius 2 is 1.64 bits per heavy atom. The number of benzene rings is 2. The van der Waals surface area contributed by atoms with Crippen LogP contribution >= 0.6 is 0 Å². The molecule has 2 amide bonds. The van der Waals surface area contributed by atoms with Crippen molar-refractivity contribution in [3.8, 4) is 11.5 Å². The largest absolute Gasteiger partial charge is 0.497 e. The van der Waals surface area contributed by atoms with E-state index in [1.807, 2.05) is 0 Å². The maximum absolute atomic E-state index is 12.2. The minimum absolute atomic E-state index is 0.364. The molecular weight excluding hydrogens is 364 g/mol. The number of hydrogen-bond acceptors (Lipinski definition) is 6. The van der Waals surface area contributed by atoms with Crippen LogP contribution in [-0.4, -0.2) is 44.7 Å². The summed E-state index contributed by atoms with van der Waals surface area (Å²) in [6.07, 6.45) is -1.05. The van der Waals surface area contributed by atoms with Crippen LogP contribution in [0.1, 0.15) is 17.3 Å². The predicted octanol–water partition coefficient (Wildman–Crippen LogP) is 2.00. The molecule has 0 aliphatic heterocycles. The van der Waals surface area contributed by atoms with E-state index in [1.165, 1.54) is 21.1 Å². The fourth-order valence-corrected chi connectivity index (χ4v) is 2.27. The van der Waals surface area contributed by atoms with Gasteiger partial charge in [-0.1, -0.05) is 12.1 Å². The maximum atomic E-state index is 12.2. The molecule has 2 aromatic carbocycles. The summed E-state index contributed by atoms with van der Waals surface area (Å²) in [4.78, 5) is 36.1. The first-order valence-electron chi connectivity index (χ1n) is 8.50. The van der Waals surface area contributed by atoms with Gasteiger partial charge in [0.25, 0.3) is 11.8 Å². The maximum Gasteiger partial charge on any atom is 0.326 e. The second-order valence-corrected chi connectivity index (χ2v) is 5.73. The molecule has 0 saturated heterocycles. The highest BCUT2D eigenvalue weighted by molar-refractivity contribution is 5.98. The Bertz CT molecular complexity index is 835. The minimum atomic E-state index is -1.05. The lowest BCUT2D eigenvalue weighted by molar-refractivity contribution is -0.152. The number of carbonyl (C=O) groups excluding carboxylic acids is 3. The van der Waals surface area contributed by atoms with Crippen molar-refractivity contribution >= 4 is 23.5 Å². The molecule has 8 heteroatoms. The zero-order valence-electron chi connectivity index (χ0n) is 15.9. The molecule has 0 aliphatic rings. The van der Waals surface area contributed by atoms with Crippen LogP contribution in [-0.2, 0) is 14.3 Å². The summed E-state index contributed by atoms with van der Waals surface area (Å²) in [6.45, 7) is 1.07. The average Bonchev–Trinajstić information content (AvgIpc) is 2.72. The number of amides is 2. The van der Waals surface area contributed by atoms with Crippen molar-refractivity contribution in [1.29, 1.82) is 0 Å². The van der Waals surface area contributed by atoms with Gasteiger partial charge in [-0.05, 0) is 43.3 Å². The summed E-state index contributed by atoms with van der Waals surface area (Å²) < 4.78 is 15.2. The van der Waals surface area contributed by atoms with Gasteiger partial charge in [-0.25, -0.2) is 0 Å². The van der Waals surface area contributed by atoms with Crippen molar-refractivity contribution in [3.05, 3.63) is 54.1 Å². The van der Waals surface area contributed by atoms with Crippen molar-refractivity contribution in [2.24, 2.45) is 0 Å². The van der Waals surface area contributed by atoms with Gasteiger partial charge < -0.3 is 24.8 Å². The molecule has 0 unspecified atom stereocenters. The molecule has 0 aromatic heterocycles. The Balaban J connectivity index is 1.82. The van der Waals surface area contributed by atoms with Gasteiger partial charge in [0.1, 0.15) is 18.0 Å². The quantitative estimate of drug-likeness (QED) is 0.673. The SMILES string of the molecule is COc1ccc(C(=O)NCC(=O)O[C@@H](C)C(=O)Nc2ccccc2OC)cc1. The predicted molar refractivity (Wildman–Crippen MR) is 103 cm³/mol. The van der Waals surface area contributed by atoms with Crippen LogP contribution in [0, 0.1) is 0 Å². The smallest absolute Gasteiger partial charge is 0.326 e. The van der Waals surface area contributed by atoms with Crippen molar-refractivity contribution in [2.75, 3.05) is 26.1 Å². The van der Waals surface area contributed by atoms with Crippen molar-refractivity contribution < 1.29 is 28.6 Å². The van der Waals surface area contributed by atoms with Crippen molar-refractivity contribution in [2.45, 2.75) is 13.0 Å². The molecule has 2 rings (SSSR count). The van der Waals surface area contributed by atoms with Crippen LogP contribution in [0.2, 0.25) is 0 Å². The summed E-state index contributed by atoms with van der Waals surface area (Å²) in [5.74, 6) is -0.582. The number of nitrogens with one attached hydrogen (secondary N) is 2. The van der Waals surface area contributed by atoms with Crippen molar-refractivity contribution in [1.82, 2.24) is 5.32 Å². The van der Waals surface area contributed by atoms with Gasteiger partial charge in [-0.2, -0.15) is 0 Å². The van der Waals surface area contributed by atoms with Gasteiger partial charge in [0.2, 0.25) is 0 Å². The summed E-state index contributed by atoms with van der Waals surface area (Å²) in [7, 11) is 3.01. The summed E-state index contributed by atoms with van der Waals surface area (Å²) >= 11 is 0. The molecule has 0 aliphatic carbocycles. The average molecular weight is 386 g/mol. The number of hydrogen-bond donors (Lipinski definition) is 2. The van der Waals surface area contributed by atoms with Crippen LogP contribution in [0.4, 0.5) is 5.69 Å². The Morgan fingerprint density at radius 3 is 2.29 bits per heavy atom. The van der Waals surface area contributed by atoms with Gasteiger partial charge in [-0.15, -0.1) is 0 Å². The van der Waals surface area contributed by atoms with E-state index in [9.17, 15) is 14.4 Å². The molecule has 148 valence electrons. The van der Waals surface area contributed by atoms with Gasteiger partial charge >= 0.3 is 5.97 Å². The highest BCUT2D eigenvalue weighted by Gasteiger charge is 2.19. The molecule has 0 saturated carbocycles. The highest BCUT2D eigenvalue weighted by atomic mass is 16.5. The molecule has 8 nitrogen and oxygen atoms in total. The normalized spacial score (nSPS) is 11.1. The molecule has 0 radical (unpaired) electrons. The lowest BCUT2D eigenvalue weighted by atomic mass is 10.2.